The maximum absolute atomic E-state index is 12.7. The van der Waals surface area contributed by atoms with Crippen LogP contribution in [0.4, 0.5) is 13.2 Å². The minimum Gasteiger partial charge on any atom is -0.388 e. The molecular formula is C22H19F3N6OS. The molecule has 0 atom stereocenters. The number of pyridine rings is 1. The molecule has 0 saturated carbocycles. The number of oxime groups is 1. The lowest BCUT2D eigenvalue weighted by Gasteiger charge is -2.06. The number of amidine groups is 1. The number of hydrogen-bond donors (Lipinski definition) is 1. The molecule has 0 saturated heterocycles. The summed E-state index contributed by atoms with van der Waals surface area (Å²) in [5.41, 5.74) is 8.92. The van der Waals surface area contributed by atoms with Gasteiger partial charge in [0, 0.05) is 28.4 Å². The van der Waals surface area contributed by atoms with E-state index in [-0.39, 0.29) is 12.4 Å². The Balaban J connectivity index is 1.37. The first-order chi connectivity index (χ1) is 15.7. The Morgan fingerprint density at radius 3 is 2.52 bits per heavy atom. The lowest BCUT2D eigenvalue weighted by atomic mass is 10.1. The van der Waals surface area contributed by atoms with Crippen molar-refractivity contribution in [2.24, 2.45) is 10.9 Å². The Bertz CT molecular complexity index is 1280. The SMILES string of the molecule is Cc1cc(C)n(-c2ccc(/C(N)=N/OCc3csc(-c4ccc(C(F)(F)F)cc4)n3)cn2)n1. The summed E-state index contributed by atoms with van der Waals surface area (Å²) in [5.74, 6) is 0.817. The second kappa shape index (κ2) is 9.02. The molecule has 4 aromatic rings. The van der Waals surface area contributed by atoms with E-state index in [0.29, 0.717) is 27.6 Å². The van der Waals surface area contributed by atoms with E-state index in [1.54, 1.807) is 28.4 Å². The first kappa shape index (κ1) is 22.5. The molecule has 0 aliphatic heterocycles. The van der Waals surface area contributed by atoms with Gasteiger partial charge in [0.15, 0.2) is 18.3 Å². The normalized spacial score (nSPS) is 12.2. The smallest absolute Gasteiger partial charge is 0.388 e. The van der Waals surface area contributed by atoms with E-state index < -0.39 is 11.7 Å². The molecule has 0 bridgehead atoms. The number of aromatic nitrogens is 4. The van der Waals surface area contributed by atoms with Crippen molar-refractivity contribution in [2.45, 2.75) is 26.6 Å². The second-order valence-electron chi connectivity index (χ2n) is 7.21. The summed E-state index contributed by atoms with van der Waals surface area (Å²) in [5, 5.41) is 10.6. The van der Waals surface area contributed by atoms with Gasteiger partial charge in [0.1, 0.15) is 5.01 Å². The van der Waals surface area contributed by atoms with Gasteiger partial charge >= 0.3 is 6.18 Å². The molecule has 3 aromatic heterocycles. The fraction of sp³-hybridized carbons (Fsp3) is 0.182. The zero-order valence-electron chi connectivity index (χ0n) is 17.7. The molecule has 7 nitrogen and oxygen atoms in total. The van der Waals surface area contributed by atoms with Crippen molar-refractivity contribution in [3.8, 4) is 16.4 Å². The van der Waals surface area contributed by atoms with Crippen LogP contribution >= 0.6 is 11.3 Å². The molecule has 0 aliphatic carbocycles. The topological polar surface area (TPSA) is 91.2 Å². The predicted octanol–water partition coefficient (Wildman–Crippen LogP) is 4.86. The van der Waals surface area contributed by atoms with Gasteiger partial charge in [-0.25, -0.2) is 14.6 Å². The highest BCUT2D eigenvalue weighted by Crippen LogP contribution is 2.31. The van der Waals surface area contributed by atoms with Crippen molar-refractivity contribution in [2.75, 3.05) is 0 Å². The zero-order chi connectivity index (χ0) is 23.6. The highest BCUT2D eigenvalue weighted by molar-refractivity contribution is 7.13. The third-order valence-electron chi connectivity index (χ3n) is 4.66. The first-order valence-corrected chi connectivity index (χ1v) is 10.7. The molecule has 2 N–H and O–H groups in total. The summed E-state index contributed by atoms with van der Waals surface area (Å²) < 4.78 is 39.9. The van der Waals surface area contributed by atoms with E-state index >= 15 is 0 Å². The van der Waals surface area contributed by atoms with Crippen LogP contribution in [0.2, 0.25) is 0 Å². The minimum absolute atomic E-state index is 0.0646. The monoisotopic (exact) mass is 472 g/mol. The molecule has 0 fully saturated rings. The predicted molar refractivity (Wildman–Crippen MR) is 119 cm³/mol. The minimum atomic E-state index is -4.37. The van der Waals surface area contributed by atoms with Crippen LogP contribution in [-0.4, -0.2) is 25.6 Å². The molecule has 0 amide bonds. The molecule has 0 aliphatic rings. The van der Waals surface area contributed by atoms with Crippen LogP contribution in [0.25, 0.3) is 16.4 Å². The maximum atomic E-state index is 12.7. The molecule has 170 valence electrons. The van der Waals surface area contributed by atoms with Crippen molar-refractivity contribution in [1.82, 2.24) is 19.7 Å². The van der Waals surface area contributed by atoms with Crippen LogP contribution in [0.5, 0.6) is 0 Å². The van der Waals surface area contributed by atoms with Gasteiger partial charge in [-0.05, 0) is 44.2 Å². The van der Waals surface area contributed by atoms with Crippen LogP contribution < -0.4 is 5.73 Å². The molecular weight excluding hydrogens is 453 g/mol. The Hall–Kier alpha value is -3.73. The van der Waals surface area contributed by atoms with Gasteiger partial charge in [-0.2, -0.15) is 18.3 Å². The Morgan fingerprint density at radius 1 is 1.15 bits per heavy atom. The lowest BCUT2D eigenvalue weighted by molar-refractivity contribution is -0.137. The van der Waals surface area contributed by atoms with E-state index in [1.165, 1.54) is 23.5 Å². The van der Waals surface area contributed by atoms with Crippen molar-refractivity contribution in [3.63, 3.8) is 0 Å². The molecule has 1 aromatic carbocycles. The quantitative estimate of drug-likeness (QED) is 0.246. The van der Waals surface area contributed by atoms with Gasteiger partial charge in [0.2, 0.25) is 0 Å². The highest BCUT2D eigenvalue weighted by Gasteiger charge is 2.30. The molecule has 0 unspecified atom stereocenters. The van der Waals surface area contributed by atoms with Gasteiger partial charge in [0.25, 0.3) is 0 Å². The van der Waals surface area contributed by atoms with Crippen LogP contribution in [-0.2, 0) is 17.6 Å². The maximum Gasteiger partial charge on any atom is 0.416 e. The molecule has 11 heteroatoms. The van der Waals surface area contributed by atoms with Crippen molar-refractivity contribution in [3.05, 3.63) is 82.3 Å². The van der Waals surface area contributed by atoms with Crippen molar-refractivity contribution < 1.29 is 18.0 Å². The van der Waals surface area contributed by atoms with Gasteiger partial charge in [-0.15, -0.1) is 11.3 Å². The third-order valence-corrected chi connectivity index (χ3v) is 5.60. The molecule has 0 spiro atoms. The fourth-order valence-corrected chi connectivity index (χ4v) is 3.86. The number of benzene rings is 1. The average Bonchev–Trinajstić information content (AvgIpc) is 3.39. The standard InChI is InChI=1S/C22H19F3N6OS/c1-13-9-14(2)31(29-13)19-8-5-16(10-27-19)20(26)30-32-11-18-12-33-21(28-18)15-3-6-17(7-4-15)22(23,24)25/h3-10,12H,11H2,1-2H3,(H2,26,30). The Labute approximate surface area is 191 Å². The first-order valence-electron chi connectivity index (χ1n) is 9.78. The second-order valence-corrected chi connectivity index (χ2v) is 8.07. The van der Waals surface area contributed by atoms with E-state index in [2.05, 4.69) is 20.2 Å². The van der Waals surface area contributed by atoms with E-state index in [0.717, 1.165) is 23.5 Å². The van der Waals surface area contributed by atoms with Gasteiger partial charge in [0.05, 0.1) is 17.0 Å². The van der Waals surface area contributed by atoms with Crippen LogP contribution in [0.15, 0.2) is 59.2 Å². The number of alkyl halides is 3. The lowest BCUT2D eigenvalue weighted by Crippen LogP contribution is -2.15. The van der Waals surface area contributed by atoms with Crippen molar-refractivity contribution in [1.29, 1.82) is 0 Å². The average molecular weight is 472 g/mol. The van der Waals surface area contributed by atoms with Crippen LogP contribution in [0, 0.1) is 13.8 Å². The van der Waals surface area contributed by atoms with Gasteiger partial charge < -0.3 is 10.6 Å². The fourth-order valence-electron chi connectivity index (χ4n) is 3.05. The van der Waals surface area contributed by atoms with Gasteiger partial charge in [-0.3, -0.25) is 0 Å². The summed E-state index contributed by atoms with van der Waals surface area (Å²) in [7, 11) is 0. The Kier molecular flexibility index (Phi) is 6.14. The molecule has 0 radical (unpaired) electrons. The van der Waals surface area contributed by atoms with Crippen LogP contribution in [0.3, 0.4) is 0 Å². The largest absolute Gasteiger partial charge is 0.416 e. The Morgan fingerprint density at radius 2 is 1.91 bits per heavy atom. The molecule has 3 heterocycles. The number of nitrogens with two attached hydrogens (primary N) is 1. The number of thiazole rings is 1. The highest BCUT2D eigenvalue weighted by atomic mass is 32.1. The summed E-state index contributed by atoms with van der Waals surface area (Å²) in [4.78, 5) is 14.0. The number of halogens is 3. The number of hydrogen-bond acceptors (Lipinski definition) is 6. The number of rotatable bonds is 6. The summed E-state index contributed by atoms with van der Waals surface area (Å²) in [6.45, 7) is 3.92. The van der Waals surface area contributed by atoms with Crippen LogP contribution in [0.1, 0.15) is 28.2 Å². The summed E-state index contributed by atoms with van der Waals surface area (Å²) >= 11 is 1.30. The van der Waals surface area contributed by atoms with Gasteiger partial charge in [-0.1, -0.05) is 17.3 Å². The molecule has 4 rings (SSSR count). The zero-order valence-corrected chi connectivity index (χ0v) is 18.5. The van der Waals surface area contributed by atoms with E-state index in [9.17, 15) is 13.2 Å². The third kappa shape index (κ3) is 5.20. The number of aryl methyl sites for hydroxylation is 2. The van der Waals surface area contributed by atoms with E-state index in [4.69, 9.17) is 10.6 Å². The van der Waals surface area contributed by atoms with Crippen molar-refractivity contribution >= 4 is 17.2 Å². The van der Waals surface area contributed by atoms with E-state index in [1.807, 2.05) is 19.9 Å². The molecule has 33 heavy (non-hydrogen) atoms. The number of nitrogens with zero attached hydrogens (tertiary/aromatic N) is 5. The summed E-state index contributed by atoms with van der Waals surface area (Å²) in [6.07, 6.45) is -2.79. The summed E-state index contributed by atoms with van der Waals surface area (Å²) in [6, 6.07) is 10.4.